The smallest absolute Gasteiger partial charge is 0.269 e. The summed E-state index contributed by atoms with van der Waals surface area (Å²) in [6.07, 6.45) is 3.34. The minimum Gasteiger partial charge on any atom is -0.494 e. The molecule has 0 spiro atoms. The van der Waals surface area contributed by atoms with Crippen molar-refractivity contribution >= 4 is 33.0 Å². The van der Waals surface area contributed by atoms with Crippen LogP contribution in [0, 0.1) is 10.1 Å². The van der Waals surface area contributed by atoms with Gasteiger partial charge in [-0.05, 0) is 55.7 Å². The van der Waals surface area contributed by atoms with E-state index in [-0.39, 0.29) is 5.69 Å². The van der Waals surface area contributed by atoms with Crippen molar-refractivity contribution < 1.29 is 9.66 Å². The Balaban J connectivity index is 1.85. The van der Waals surface area contributed by atoms with E-state index in [9.17, 15) is 10.1 Å². The van der Waals surface area contributed by atoms with Gasteiger partial charge in [0.25, 0.3) is 5.69 Å². The van der Waals surface area contributed by atoms with Gasteiger partial charge in [0, 0.05) is 17.5 Å². The Morgan fingerprint density at radius 3 is 2.04 bits per heavy atom. The van der Waals surface area contributed by atoms with Gasteiger partial charge in [-0.3, -0.25) is 10.1 Å². The summed E-state index contributed by atoms with van der Waals surface area (Å²) in [4.78, 5) is 10.1. The summed E-state index contributed by atoms with van der Waals surface area (Å²) >= 11 is 3.41. The highest BCUT2D eigenvalue weighted by Crippen LogP contribution is 2.23. The molecular weight excluding hydrogens is 374 g/mol. The second-order valence-corrected chi connectivity index (χ2v) is 5.86. The summed E-state index contributed by atoms with van der Waals surface area (Å²) in [5.74, 6) is 0.808. The number of azo groups is 1. The van der Waals surface area contributed by atoms with E-state index in [0.29, 0.717) is 18.0 Å². The fourth-order valence-corrected chi connectivity index (χ4v) is 2.33. The molecular formula is C17H18BrN3O3. The average Bonchev–Trinajstić information content (AvgIpc) is 2.61. The topological polar surface area (TPSA) is 77.1 Å². The van der Waals surface area contributed by atoms with E-state index in [2.05, 4.69) is 26.2 Å². The van der Waals surface area contributed by atoms with Crippen molar-refractivity contribution in [3.05, 3.63) is 58.6 Å². The number of rotatable bonds is 9. The molecule has 0 bridgehead atoms. The molecule has 2 aromatic carbocycles. The first-order valence-electron chi connectivity index (χ1n) is 7.64. The van der Waals surface area contributed by atoms with Crippen molar-refractivity contribution in [3.63, 3.8) is 0 Å². The molecule has 0 aliphatic heterocycles. The minimum atomic E-state index is -0.445. The molecule has 0 heterocycles. The molecule has 2 rings (SSSR count). The number of unbranched alkanes of at least 4 members (excludes halogenated alkanes) is 2. The van der Waals surface area contributed by atoms with Crippen molar-refractivity contribution in [2.24, 2.45) is 10.2 Å². The van der Waals surface area contributed by atoms with E-state index in [4.69, 9.17) is 4.74 Å². The van der Waals surface area contributed by atoms with E-state index in [1.165, 1.54) is 12.1 Å². The van der Waals surface area contributed by atoms with Gasteiger partial charge in [-0.15, -0.1) is 0 Å². The first kappa shape index (κ1) is 18.1. The molecule has 0 fully saturated rings. The highest BCUT2D eigenvalue weighted by Gasteiger charge is 2.03. The number of ether oxygens (including phenoxy) is 1. The lowest BCUT2D eigenvalue weighted by Gasteiger charge is -2.05. The first-order valence-corrected chi connectivity index (χ1v) is 8.76. The zero-order chi connectivity index (χ0) is 17.2. The highest BCUT2D eigenvalue weighted by atomic mass is 79.9. The SMILES string of the molecule is O=[N+]([O-])c1ccc(N=Nc2ccc(OCCCCCBr)cc2)cc1. The van der Waals surface area contributed by atoms with Gasteiger partial charge in [0.05, 0.1) is 22.9 Å². The third kappa shape index (κ3) is 6.08. The van der Waals surface area contributed by atoms with Crippen molar-refractivity contribution in [2.45, 2.75) is 19.3 Å². The number of halogens is 1. The van der Waals surface area contributed by atoms with E-state index < -0.39 is 4.92 Å². The molecule has 0 aromatic heterocycles. The molecule has 0 saturated carbocycles. The molecule has 0 N–H and O–H groups in total. The van der Waals surface area contributed by atoms with Crippen molar-refractivity contribution in [1.29, 1.82) is 0 Å². The Morgan fingerprint density at radius 2 is 1.50 bits per heavy atom. The summed E-state index contributed by atoms with van der Waals surface area (Å²) in [5.41, 5.74) is 1.29. The number of nitro benzene ring substituents is 1. The third-order valence-electron chi connectivity index (χ3n) is 3.22. The Morgan fingerprint density at radius 1 is 0.917 bits per heavy atom. The predicted octanol–water partition coefficient (Wildman–Crippen LogP) is 5.95. The molecule has 0 radical (unpaired) electrons. The van der Waals surface area contributed by atoms with Crippen LogP contribution in [0.25, 0.3) is 0 Å². The Kier molecular flexibility index (Phi) is 7.35. The number of nitrogens with zero attached hydrogens (tertiary/aromatic N) is 3. The molecule has 24 heavy (non-hydrogen) atoms. The number of nitro groups is 1. The van der Waals surface area contributed by atoms with E-state index in [0.717, 1.165) is 30.3 Å². The van der Waals surface area contributed by atoms with E-state index >= 15 is 0 Å². The van der Waals surface area contributed by atoms with Crippen LogP contribution in [0.5, 0.6) is 5.75 Å². The Hall–Kier alpha value is -2.28. The van der Waals surface area contributed by atoms with Gasteiger partial charge in [0.2, 0.25) is 0 Å². The van der Waals surface area contributed by atoms with Crippen LogP contribution >= 0.6 is 15.9 Å². The largest absolute Gasteiger partial charge is 0.494 e. The summed E-state index contributed by atoms with van der Waals surface area (Å²) in [6, 6.07) is 13.3. The lowest BCUT2D eigenvalue weighted by molar-refractivity contribution is -0.384. The van der Waals surface area contributed by atoms with Gasteiger partial charge in [0.1, 0.15) is 5.75 Å². The van der Waals surface area contributed by atoms with Gasteiger partial charge in [-0.25, -0.2) is 0 Å². The normalized spacial score (nSPS) is 10.9. The second-order valence-electron chi connectivity index (χ2n) is 5.07. The summed E-state index contributed by atoms with van der Waals surface area (Å²) < 4.78 is 5.65. The molecule has 2 aromatic rings. The molecule has 0 aliphatic rings. The van der Waals surface area contributed by atoms with E-state index in [1.807, 2.05) is 24.3 Å². The van der Waals surface area contributed by atoms with Crippen molar-refractivity contribution in [3.8, 4) is 5.75 Å². The monoisotopic (exact) mass is 391 g/mol. The molecule has 7 heteroatoms. The molecule has 0 unspecified atom stereocenters. The predicted molar refractivity (Wildman–Crippen MR) is 96.9 cm³/mol. The molecule has 6 nitrogen and oxygen atoms in total. The lowest BCUT2D eigenvalue weighted by atomic mass is 10.2. The average molecular weight is 392 g/mol. The Bertz CT molecular complexity index is 672. The minimum absolute atomic E-state index is 0.0339. The molecule has 0 amide bonds. The van der Waals surface area contributed by atoms with Crippen LogP contribution in [0.4, 0.5) is 17.1 Å². The van der Waals surface area contributed by atoms with Gasteiger partial charge in [-0.1, -0.05) is 15.9 Å². The van der Waals surface area contributed by atoms with Crippen LogP contribution in [0.2, 0.25) is 0 Å². The van der Waals surface area contributed by atoms with Crippen LogP contribution in [0.1, 0.15) is 19.3 Å². The number of hydrogen-bond acceptors (Lipinski definition) is 5. The maximum Gasteiger partial charge on any atom is 0.269 e. The molecule has 0 saturated heterocycles. The van der Waals surface area contributed by atoms with Crippen molar-refractivity contribution in [1.82, 2.24) is 0 Å². The lowest BCUT2D eigenvalue weighted by Crippen LogP contribution is -1.96. The first-order chi connectivity index (χ1) is 11.7. The summed E-state index contributed by atoms with van der Waals surface area (Å²) in [5, 5.41) is 19.8. The molecule has 0 atom stereocenters. The summed E-state index contributed by atoms with van der Waals surface area (Å²) in [6.45, 7) is 0.705. The number of non-ortho nitro benzene ring substituents is 1. The van der Waals surface area contributed by atoms with Crippen LogP contribution in [0.3, 0.4) is 0 Å². The van der Waals surface area contributed by atoms with Gasteiger partial charge >= 0.3 is 0 Å². The maximum absolute atomic E-state index is 10.6. The van der Waals surface area contributed by atoms with E-state index in [1.54, 1.807) is 12.1 Å². The third-order valence-corrected chi connectivity index (χ3v) is 3.79. The van der Waals surface area contributed by atoms with Crippen LogP contribution in [-0.4, -0.2) is 16.9 Å². The zero-order valence-corrected chi connectivity index (χ0v) is 14.7. The van der Waals surface area contributed by atoms with Crippen LogP contribution in [0.15, 0.2) is 58.8 Å². The number of alkyl halides is 1. The van der Waals surface area contributed by atoms with Gasteiger partial charge in [0.15, 0.2) is 0 Å². The van der Waals surface area contributed by atoms with Gasteiger partial charge < -0.3 is 4.74 Å². The summed E-state index contributed by atoms with van der Waals surface area (Å²) in [7, 11) is 0. The van der Waals surface area contributed by atoms with Gasteiger partial charge in [-0.2, -0.15) is 10.2 Å². The number of benzene rings is 2. The molecule has 0 aliphatic carbocycles. The fourth-order valence-electron chi connectivity index (χ4n) is 1.93. The van der Waals surface area contributed by atoms with Crippen LogP contribution < -0.4 is 4.74 Å². The van der Waals surface area contributed by atoms with Crippen molar-refractivity contribution in [2.75, 3.05) is 11.9 Å². The van der Waals surface area contributed by atoms with Crippen LogP contribution in [-0.2, 0) is 0 Å². The quantitative estimate of drug-likeness (QED) is 0.174. The maximum atomic E-state index is 10.6. The highest BCUT2D eigenvalue weighted by molar-refractivity contribution is 9.09. The fraction of sp³-hybridized carbons (Fsp3) is 0.294. The standard InChI is InChI=1S/C17H18BrN3O3/c18-12-2-1-3-13-24-17-10-6-15(7-11-17)20-19-14-4-8-16(9-5-14)21(22)23/h4-11H,1-3,12-13H2. The molecule has 126 valence electrons. The zero-order valence-electron chi connectivity index (χ0n) is 13.1. The Labute approximate surface area is 148 Å². The number of hydrogen-bond donors (Lipinski definition) is 0. The second kappa shape index (κ2) is 9.77.